The second kappa shape index (κ2) is 18.5. The number of carbonyl (C=O) groups is 1. The van der Waals surface area contributed by atoms with E-state index in [0.29, 0.717) is 29.4 Å². The molecule has 1 aromatic heterocycles. The maximum atomic E-state index is 12.9. The van der Waals surface area contributed by atoms with E-state index in [-0.39, 0.29) is 48.9 Å². The van der Waals surface area contributed by atoms with Crippen molar-refractivity contribution in [3.63, 3.8) is 0 Å². The summed E-state index contributed by atoms with van der Waals surface area (Å²) in [6.07, 6.45) is 10.0. The molecule has 0 spiro atoms. The van der Waals surface area contributed by atoms with Crippen molar-refractivity contribution in [2.45, 2.75) is 78.1 Å². The van der Waals surface area contributed by atoms with Crippen molar-refractivity contribution in [3.05, 3.63) is 94.1 Å². The fourth-order valence-corrected chi connectivity index (χ4v) is 6.63. The molecular weight excluding hydrogens is 737 g/mol. The summed E-state index contributed by atoms with van der Waals surface area (Å²) in [5.41, 5.74) is 3.09. The van der Waals surface area contributed by atoms with E-state index in [4.69, 9.17) is 74.3 Å². The number of nitrogens with one attached hydrogen (secondary N) is 3. The summed E-state index contributed by atoms with van der Waals surface area (Å²) in [6, 6.07) is 12.8. The highest BCUT2D eigenvalue weighted by Crippen LogP contribution is 2.45. The predicted molar refractivity (Wildman–Crippen MR) is 202 cm³/mol. The summed E-state index contributed by atoms with van der Waals surface area (Å²) in [4.78, 5) is 25.7. The Morgan fingerprint density at radius 2 is 1.46 bits per heavy atom. The summed E-state index contributed by atoms with van der Waals surface area (Å²) in [6.45, 7) is 4.85. The second-order valence-corrected chi connectivity index (χ2v) is 13.7. The molecule has 0 aliphatic rings. The lowest BCUT2D eigenvalue weighted by molar-refractivity contribution is -0.116. The molecule has 0 saturated heterocycles. The van der Waals surface area contributed by atoms with Gasteiger partial charge in [0.05, 0.1) is 42.4 Å². The summed E-state index contributed by atoms with van der Waals surface area (Å²) >= 11 is 37.6. The molecule has 3 N–H and O–H groups in total. The van der Waals surface area contributed by atoms with Crippen LogP contribution in [0.5, 0.6) is 5.75 Å². The Hall–Kier alpha value is -2.52. The molecule has 7 nitrogen and oxygen atoms in total. The smallest absolute Gasteiger partial charge is 0.273 e. The standard InChI is InChI=1S/C35H38Cl6N4O3/c1-3-5-7-10-21-13-16-26(22(18-21)11-8-6-4-2)48-17-9-12-28(46)42-23-14-15-24(36)25(19-23)43-27-20-29(47)45(44-27)35-33(40)31(38)30(37)32(39)34(35)41/h13-16,18-20,43-44H,3-12,17H2,1-2H3,(H,42,46). The molecule has 0 radical (unpaired) electrons. The summed E-state index contributed by atoms with van der Waals surface area (Å²) in [5, 5.41) is 8.96. The second-order valence-electron chi connectivity index (χ2n) is 11.4. The quantitative estimate of drug-likeness (QED) is 0.0566. The highest BCUT2D eigenvalue weighted by molar-refractivity contribution is 6.56. The number of anilines is 3. The molecule has 1 heterocycles. The van der Waals surface area contributed by atoms with E-state index in [2.05, 4.69) is 47.8 Å². The number of H-pyrrole nitrogens is 1. The van der Waals surface area contributed by atoms with Gasteiger partial charge in [-0.1, -0.05) is 121 Å². The van der Waals surface area contributed by atoms with Gasteiger partial charge in [-0.3, -0.25) is 14.7 Å². The molecule has 0 fully saturated rings. The number of carbonyl (C=O) groups excluding carboxylic acids is 1. The monoisotopic (exact) mass is 772 g/mol. The molecule has 4 rings (SSSR count). The normalized spacial score (nSPS) is 11.2. The molecule has 3 aromatic carbocycles. The van der Waals surface area contributed by atoms with E-state index in [1.165, 1.54) is 49.3 Å². The number of aryl methyl sites for hydroxylation is 2. The highest BCUT2D eigenvalue weighted by Gasteiger charge is 2.22. The van der Waals surface area contributed by atoms with E-state index in [0.717, 1.165) is 29.7 Å². The molecule has 1 amide bonds. The number of rotatable bonds is 17. The van der Waals surface area contributed by atoms with Crippen LogP contribution in [0.15, 0.2) is 47.3 Å². The van der Waals surface area contributed by atoms with Gasteiger partial charge in [-0.05, 0) is 67.5 Å². The maximum Gasteiger partial charge on any atom is 0.273 e. The summed E-state index contributed by atoms with van der Waals surface area (Å²) in [5.74, 6) is 0.999. The van der Waals surface area contributed by atoms with Crippen LogP contribution in [0.3, 0.4) is 0 Å². The zero-order valence-electron chi connectivity index (χ0n) is 26.8. The molecule has 258 valence electrons. The van der Waals surface area contributed by atoms with Gasteiger partial charge in [-0.2, -0.15) is 0 Å². The first kappa shape index (κ1) is 38.3. The Morgan fingerprint density at radius 1 is 0.792 bits per heavy atom. The van der Waals surface area contributed by atoms with E-state index in [1.54, 1.807) is 18.2 Å². The Balaban J connectivity index is 1.36. The molecule has 0 unspecified atom stereocenters. The third kappa shape index (κ3) is 10.0. The molecule has 0 aliphatic carbocycles. The number of nitrogens with zero attached hydrogens (tertiary/aromatic N) is 1. The fraction of sp³-hybridized carbons (Fsp3) is 0.371. The van der Waals surface area contributed by atoms with Gasteiger partial charge in [-0.15, -0.1) is 0 Å². The first-order valence-corrected chi connectivity index (χ1v) is 18.3. The van der Waals surface area contributed by atoms with Gasteiger partial charge in [0.25, 0.3) is 5.56 Å². The van der Waals surface area contributed by atoms with Crippen molar-refractivity contribution in [2.24, 2.45) is 0 Å². The first-order chi connectivity index (χ1) is 23.0. The van der Waals surface area contributed by atoms with E-state index in [1.807, 2.05) is 0 Å². The van der Waals surface area contributed by atoms with Crippen LogP contribution in [0.2, 0.25) is 30.1 Å². The molecule has 13 heteroatoms. The Morgan fingerprint density at radius 3 is 2.15 bits per heavy atom. The number of amides is 1. The van der Waals surface area contributed by atoms with Gasteiger partial charge in [-0.25, -0.2) is 4.68 Å². The predicted octanol–water partition coefficient (Wildman–Crippen LogP) is 12.1. The molecule has 0 saturated carbocycles. The molecule has 0 atom stereocenters. The molecule has 0 aliphatic heterocycles. The van der Waals surface area contributed by atoms with Crippen molar-refractivity contribution >= 4 is 92.7 Å². The number of benzene rings is 3. The van der Waals surface area contributed by atoms with Gasteiger partial charge in [0.2, 0.25) is 5.91 Å². The van der Waals surface area contributed by atoms with Gasteiger partial charge in [0.15, 0.2) is 0 Å². The Kier molecular flexibility index (Phi) is 14.7. The van der Waals surface area contributed by atoms with Crippen LogP contribution in [0, 0.1) is 0 Å². The van der Waals surface area contributed by atoms with Crippen LogP contribution in [0.4, 0.5) is 17.2 Å². The number of hydrogen-bond donors (Lipinski definition) is 3. The molecule has 4 aromatic rings. The van der Waals surface area contributed by atoms with Crippen LogP contribution < -0.4 is 20.9 Å². The summed E-state index contributed by atoms with van der Waals surface area (Å²) in [7, 11) is 0. The Labute approximate surface area is 311 Å². The van der Waals surface area contributed by atoms with Crippen molar-refractivity contribution in [1.29, 1.82) is 0 Å². The zero-order chi connectivity index (χ0) is 34.8. The SMILES string of the molecule is CCCCCc1ccc(OCCCC(=O)Nc2ccc(Cl)c(Nc3cc(=O)n(-c4c(Cl)c(Cl)c(Cl)c(Cl)c4Cl)[nH]3)c2)c(CCCCC)c1. The maximum absolute atomic E-state index is 12.9. The summed E-state index contributed by atoms with van der Waals surface area (Å²) < 4.78 is 7.23. The van der Waals surface area contributed by atoms with Crippen molar-refractivity contribution in [1.82, 2.24) is 9.78 Å². The third-order valence-electron chi connectivity index (χ3n) is 7.70. The van der Waals surface area contributed by atoms with Crippen molar-refractivity contribution in [2.75, 3.05) is 17.2 Å². The largest absolute Gasteiger partial charge is 0.493 e. The lowest BCUT2D eigenvalue weighted by atomic mass is 10.00. The average Bonchev–Trinajstić information content (AvgIpc) is 3.42. The van der Waals surface area contributed by atoms with Crippen LogP contribution in [-0.4, -0.2) is 22.3 Å². The average molecular weight is 775 g/mol. The lowest BCUT2D eigenvalue weighted by Gasteiger charge is -2.14. The minimum absolute atomic E-state index is 0.0251. The van der Waals surface area contributed by atoms with Gasteiger partial charge in [0, 0.05) is 18.2 Å². The number of unbranched alkanes of at least 4 members (excludes halogenated alkanes) is 4. The van der Waals surface area contributed by atoms with Crippen molar-refractivity contribution in [3.8, 4) is 11.4 Å². The molecule has 0 bridgehead atoms. The minimum atomic E-state index is -0.505. The number of aromatic nitrogens is 2. The van der Waals surface area contributed by atoms with Gasteiger partial charge >= 0.3 is 0 Å². The number of halogens is 6. The van der Waals surface area contributed by atoms with Gasteiger partial charge in [0.1, 0.15) is 17.3 Å². The molecular formula is C35H38Cl6N4O3. The highest BCUT2D eigenvalue weighted by atomic mass is 35.5. The molecule has 48 heavy (non-hydrogen) atoms. The Bertz CT molecular complexity index is 1760. The number of aromatic amines is 1. The fourth-order valence-electron chi connectivity index (χ4n) is 5.17. The minimum Gasteiger partial charge on any atom is -0.493 e. The van der Waals surface area contributed by atoms with Crippen LogP contribution in [0.25, 0.3) is 5.69 Å². The lowest BCUT2D eigenvalue weighted by Crippen LogP contribution is -2.15. The van der Waals surface area contributed by atoms with Crippen LogP contribution in [0.1, 0.15) is 76.3 Å². The van der Waals surface area contributed by atoms with Crippen LogP contribution in [-0.2, 0) is 17.6 Å². The zero-order valence-corrected chi connectivity index (χ0v) is 31.3. The topological polar surface area (TPSA) is 88.2 Å². The van der Waals surface area contributed by atoms with E-state index < -0.39 is 5.56 Å². The number of hydrogen-bond acceptors (Lipinski definition) is 4. The van der Waals surface area contributed by atoms with Crippen LogP contribution >= 0.6 is 69.6 Å². The van der Waals surface area contributed by atoms with E-state index in [9.17, 15) is 9.59 Å². The van der Waals surface area contributed by atoms with E-state index >= 15 is 0 Å². The van der Waals surface area contributed by atoms with Gasteiger partial charge < -0.3 is 15.4 Å². The van der Waals surface area contributed by atoms with Crippen molar-refractivity contribution < 1.29 is 9.53 Å². The third-order valence-corrected chi connectivity index (χ3v) is 10.3. The first-order valence-electron chi connectivity index (χ1n) is 16.0. The number of ether oxygens (including phenoxy) is 1.